The summed E-state index contributed by atoms with van der Waals surface area (Å²) in [5.41, 5.74) is 7.14. The van der Waals surface area contributed by atoms with E-state index in [0.717, 1.165) is 10.2 Å². The maximum absolute atomic E-state index is 6.12. The largest absolute Gasteiger partial charge is 0.383 e. The lowest BCUT2D eigenvalue weighted by atomic mass is 9.92. The summed E-state index contributed by atoms with van der Waals surface area (Å²) in [4.78, 5) is 13.0. The first-order chi connectivity index (χ1) is 8.80. The van der Waals surface area contributed by atoms with Gasteiger partial charge >= 0.3 is 0 Å². The second-order valence-electron chi connectivity index (χ2n) is 5.18. The summed E-state index contributed by atoms with van der Waals surface area (Å²) in [6.07, 6.45) is 1.65. The number of anilines is 1. The number of nitrogens with two attached hydrogens (primary N) is 1. The summed E-state index contributed by atoms with van der Waals surface area (Å²) in [7, 11) is 0. The van der Waals surface area contributed by atoms with Crippen LogP contribution in [0.25, 0.3) is 11.5 Å². The van der Waals surface area contributed by atoms with E-state index in [9.17, 15) is 0 Å². The number of hydrogen-bond acceptors (Lipinski definition) is 4. The highest BCUT2D eigenvalue weighted by Crippen LogP contribution is 2.33. The molecule has 0 aliphatic heterocycles. The van der Waals surface area contributed by atoms with Crippen LogP contribution in [0, 0.1) is 0 Å². The van der Waals surface area contributed by atoms with Crippen molar-refractivity contribution in [3.8, 4) is 11.5 Å². The summed E-state index contributed by atoms with van der Waals surface area (Å²) in [5.74, 6) is 0.827. The Kier molecular flexibility index (Phi) is 3.78. The minimum absolute atomic E-state index is 0.161. The quantitative estimate of drug-likeness (QED) is 0.856. The van der Waals surface area contributed by atoms with Crippen LogP contribution < -0.4 is 5.73 Å². The third-order valence-corrected chi connectivity index (χ3v) is 3.64. The predicted molar refractivity (Wildman–Crippen MR) is 81.1 cm³/mol. The monoisotopic (exact) mass is 340 g/mol. The topological polar surface area (TPSA) is 64.7 Å². The Morgan fingerprint density at radius 3 is 2.53 bits per heavy atom. The van der Waals surface area contributed by atoms with Crippen LogP contribution >= 0.6 is 27.5 Å². The second-order valence-corrected chi connectivity index (χ2v) is 6.38. The van der Waals surface area contributed by atoms with E-state index in [1.165, 1.54) is 0 Å². The van der Waals surface area contributed by atoms with Gasteiger partial charge in [-0.2, -0.15) is 0 Å². The van der Waals surface area contributed by atoms with Gasteiger partial charge in [-0.15, -0.1) is 0 Å². The standard InChI is InChI=1S/C13H14BrClN4/c1-13(2,3)10-8(14)11(16)19-12(18-10)9-7(15)5-4-6-17-9/h4-6H,1-3H3,(H2,16,18,19). The van der Waals surface area contributed by atoms with Crippen molar-refractivity contribution in [2.75, 3.05) is 5.73 Å². The first kappa shape index (κ1) is 14.2. The number of aromatic nitrogens is 3. The Bertz CT molecular complexity index is 623. The number of nitrogens with zero attached hydrogens (tertiary/aromatic N) is 3. The van der Waals surface area contributed by atoms with Crippen LogP contribution in [0.2, 0.25) is 5.02 Å². The van der Waals surface area contributed by atoms with Crippen LogP contribution in [0.5, 0.6) is 0 Å². The van der Waals surface area contributed by atoms with Crippen molar-refractivity contribution >= 4 is 33.3 Å². The summed E-state index contributed by atoms with van der Waals surface area (Å²) in [6.45, 7) is 6.18. The van der Waals surface area contributed by atoms with Crippen LogP contribution in [0.1, 0.15) is 26.5 Å². The summed E-state index contributed by atoms with van der Waals surface area (Å²) < 4.78 is 0.718. The van der Waals surface area contributed by atoms with Crippen molar-refractivity contribution in [2.45, 2.75) is 26.2 Å². The number of hydrogen-bond donors (Lipinski definition) is 1. The van der Waals surface area contributed by atoms with E-state index >= 15 is 0 Å². The van der Waals surface area contributed by atoms with Crippen molar-refractivity contribution in [1.29, 1.82) is 0 Å². The molecule has 0 amide bonds. The smallest absolute Gasteiger partial charge is 0.182 e. The van der Waals surface area contributed by atoms with Gasteiger partial charge in [-0.05, 0) is 28.1 Å². The van der Waals surface area contributed by atoms with Crippen LogP contribution in [-0.4, -0.2) is 15.0 Å². The molecule has 2 heterocycles. The summed E-state index contributed by atoms with van der Waals surface area (Å²) >= 11 is 9.56. The van der Waals surface area contributed by atoms with Crippen LogP contribution in [-0.2, 0) is 5.41 Å². The van der Waals surface area contributed by atoms with Crippen LogP contribution in [0.3, 0.4) is 0 Å². The van der Waals surface area contributed by atoms with Gasteiger partial charge in [0.15, 0.2) is 5.82 Å². The minimum Gasteiger partial charge on any atom is -0.383 e. The van der Waals surface area contributed by atoms with Gasteiger partial charge in [0, 0.05) is 11.6 Å². The van der Waals surface area contributed by atoms with E-state index in [4.69, 9.17) is 17.3 Å². The van der Waals surface area contributed by atoms with E-state index < -0.39 is 0 Å². The zero-order valence-electron chi connectivity index (χ0n) is 10.9. The molecule has 0 aliphatic rings. The fourth-order valence-corrected chi connectivity index (χ4v) is 2.60. The molecular formula is C13H14BrClN4. The molecule has 4 nitrogen and oxygen atoms in total. The molecule has 0 atom stereocenters. The van der Waals surface area contributed by atoms with E-state index in [0.29, 0.717) is 22.4 Å². The summed E-state index contributed by atoms with van der Waals surface area (Å²) in [6, 6.07) is 3.51. The van der Waals surface area contributed by atoms with Crippen molar-refractivity contribution in [2.24, 2.45) is 0 Å². The third-order valence-electron chi connectivity index (χ3n) is 2.56. The fraction of sp³-hybridized carbons (Fsp3) is 0.308. The van der Waals surface area contributed by atoms with Gasteiger partial charge < -0.3 is 5.73 Å². The van der Waals surface area contributed by atoms with E-state index in [-0.39, 0.29) is 5.41 Å². The molecule has 6 heteroatoms. The molecule has 0 fully saturated rings. The van der Waals surface area contributed by atoms with Crippen molar-refractivity contribution < 1.29 is 0 Å². The highest BCUT2D eigenvalue weighted by atomic mass is 79.9. The number of nitrogen functional groups attached to an aromatic ring is 1. The zero-order chi connectivity index (χ0) is 14.2. The number of halogens is 2. The average Bonchev–Trinajstić information content (AvgIpc) is 2.31. The molecule has 0 aromatic carbocycles. The third kappa shape index (κ3) is 2.87. The highest BCUT2D eigenvalue weighted by Gasteiger charge is 2.23. The second kappa shape index (κ2) is 5.06. The van der Waals surface area contributed by atoms with E-state index in [1.54, 1.807) is 18.3 Å². The fourth-order valence-electron chi connectivity index (χ4n) is 1.62. The lowest BCUT2D eigenvalue weighted by Gasteiger charge is -2.20. The van der Waals surface area contributed by atoms with Gasteiger partial charge in [0.05, 0.1) is 15.2 Å². The lowest BCUT2D eigenvalue weighted by molar-refractivity contribution is 0.564. The Morgan fingerprint density at radius 2 is 1.95 bits per heavy atom. The van der Waals surface area contributed by atoms with Crippen LogP contribution in [0.4, 0.5) is 5.82 Å². The first-order valence-corrected chi connectivity index (χ1v) is 6.92. The molecule has 0 unspecified atom stereocenters. The van der Waals surface area contributed by atoms with E-state index in [2.05, 4.69) is 51.7 Å². The molecule has 100 valence electrons. The summed E-state index contributed by atoms with van der Waals surface area (Å²) in [5, 5.41) is 0.504. The molecule has 0 radical (unpaired) electrons. The molecule has 2 rings (SSSR count). The van der Waals surface area contributed by atoms with Gasteiger partial charge in [0.1, 0.15) is 11.5 Å². The molecular weight excluding hydrogens is 328 g/mol. The SMILES string of the molecule is CC(C)(C)c1nc(-c2ncccc2Cl)nc(N)c1Br. The lowest BCUT2D eigenvalue weighted by Crippen LogP contribution is -2.17. The molecule has 2 N–H and O–H groups in total. The van der Waals surface area contributed by atoms with Gasteiger partial charge in [-0.1, -0.05) is 32.4 Å². The van der Waals surface area contributed by atoms with Crippen molar-refractivity contribution in [1.82, 2.24) is 15.0 Å². The Morgan fingerprint density at radius 1 is 1.26 bits per heavy atom. The number of pyridine rings is 1. The number of rotatable bonds is 1. The Hall–Kier alpha value is -1.20. The highest BCUT2D eigenvalue weighted by molar-refractivity contribution is 9.10. The normalized spacial score (nSPS) is 11.6. The maximum atomic E-state index is 6.12. The molecule has 0 saturated carbocycles. The first-order valence-electron chi connectivity index (χ1n) is 5.75. The molecule has 19 heavy (non-hydrogen) atoms. The molecule has 0 saturated heterocycles. The van der Waals surface area contributed by atoms with Gasteiger partial charge in [0.2, 0.25) is 0 Å². The minimum atomic E-state index is -0.161. The van der Waals surface area contributed by atoms with Gasteiger partial charge in [0.25, 0.3) is 0 Å². The van der Waals surface area contributed by atoms with Gasteiger partial charge in [-0.25, -0.2) is 9.97 Å². The Labute approximate surface area is 125 Å². The molecule has 0 spiro atoms. The molecule has 0 aliphatic carbocycles. The predicted octanol–water partition coefficient (Wildman–Crippen LogP) is 3.83. The maximum Gasteiger partial charge on any atom is 0.182 e. The average molecular weight is 342 g/mol. The van der Waals surface area contributed by atoms with Gasteiger partial charge in [-0.3, -0.25) is 4.98 Å². The van der Waals surface area contributed by atoms with Crippen molar-refractivity contribution in [3.63, 3.8) is 0 Å². The van der Waals surface area contributed by atoms with E-state index in [1.807, 2.05) is 0 Å². The molecule has 2 aromatic heterocycles. The molecule has 2 aromatic rings. The van der Waals surface area contributed by atoms with Crippen LogP contribution in [0.15, 0.2) is 22.8 Å². The zero-order valence-corrected chi connectivity index (χ0v) is 13.2. The Balaban J connectivity index is 2.68. The molecule has 0 bridgehead atoms. The van der Waals surface area contributed by atoms with Crippen molar-refractivity contribution in [3.05, 3.63) is 33.5 Å².